The van der Waals surface area contributed by atoms with E-state index < -0.39 is 0 Å². The van der Waals surface area contributed by atoms with E-state index in [1.165, 1.54) is 11.3 Å². The van der Waals surface area contributed by atoms with E-state index in [1.807, 2.05) is 0 Å². The summed E-state index contributed by atoms with van der Waals surface area (Å²) in [5, 5.41) is 9.23. The van der Waals surface area contributed by atoms with Crippen LogP contribution >= 0.6 is 0 Å². The molecule has 1 fully saturated rings. The number of nitrogens with zero attached hydrogens (tertiary/aromatic N) is 1. The van der Waals surface area contributed by atoms with Crippen LogP contribution in [0, 0.1) is 5.92 Å². The number of hydrogen-bond acceptors (Lipinski definition) is 2. The number of rotatable bonds is 2. The van der Waals surface area contributed by atoms with Gasteiger partial charge in [0.2, 0.25) is 0 Å². The van der Waals surface area contributed by atoms with E-state index in [9.17, 15) is 5.11 Å². The molecule has 1 aromatic carbocycles. The first-order valence-electron chi connectivity index (χ1n) is 6.58. The Bertz CT molecular complexity index is 427. The maximum atomic E-state index is 9.23. The molecule has 0 bridgehead atoms. The third-order valence-corrected chi connectivity index (χ3v) is 3.65. The molecule has 0 spiro atoms. The van der Waals surface area contributed by atoms with Gasteiger partial charge in [0.05, 0.1) is 0 Å². The van der Waals surface area contributed by atoms with Gasteiger partial charge in [0.15, 0.2) is 0 Å². The molecular weight excluding hydrogens is 222 g/mol. The van der Waals surface area contributed by atoms with Crippen molar-refractivity contribution in [2.24, 2.45) is 5.92 Å². The van der Waals surface area contributed by atoms with Gasteiger partial charge in [-0.2, -0.15) is 0 Å². The molecule has 0 saturated carbocycles. The SMILES string of the molecule is C=C1CC(CO)CN1c1ccc(C(C)(C)C)cc1. The van der Waals surface area contributed by atoms with Gasteiger partial charge in [-0.1, -0.05) is 39.5 Å². The van der Waals surface area contributed by atoms with Crippen molar-refractivity contribution in [1.29, 1.82) is 0 Å². The topological polar surface area (TPSA) is 23.5 Å². The Morgan fingerprint density at radius 3 is 2.33 bits per heavy atom. The van der Waals surface area contributed by atoms with Crippen LogP contribution in [-0.2, 0) is 5.41 Å². The summed E-state index contributed by atoms with van der Waals surface area (Å²) in [5.41, 5.74) is 3.82. The zero-order valence-corrected chi connectivity index (χ0v) is 11.6. The van der Waals surface area contributed by atoms with E-state index in [0.29, 0.717) is 5.92 Å². The van der Waals surface area contributed by atoms with Crippen LogP contribution in [0.2, 0.25) is 0 Å². The van der Waals surface area contributed by atoms with Gasteiger partial charge in [0.25, 0.3) is 0 Å². The molecule has 1 aliphatic heterocycles. The van der Waals surface area contributed by atoms with Gasteiger partial charge >= 0.3 is 0 Å². The first-order valence-corrected chi connectivity index (χ1v) is 6.58. The van der Waals surface area contributed by atoms with Gasteiger partial charge in [-0.25, -0.2) is 0 Å². The fraction of sp³-hybridized carbons (Fsp3) is 0.500. The van der Waals surface area contributed by atoms with Crippen LogP contribution in [0.1, 0.15) is 32.8 Å². The minimum absolute atomic E-state index is 0.189. The van der Waals surface area contributed by atoms with Gasteiger partial charge in [-0.05, 0) is 29.5 Å². The lowest BCUT2D eigenvalue weighted by Crippen LogP contribution is -2.19. The van der Waals surface area contributed by atoms with Crippen LogP contribution in [0.15, 0.2) is 36.5 Å². The van der Waals surface area contributed by atoms with Gasteiger partial charge in [0, 0.05) is 30.5 Å². The molecule has 0 aliphatic carbocycles. The minimum Gasteiger partial charge on any atom is -0.396 e. The highest BCUT2D eigenvalue weighted by atomic mass is 16.3. The summed E-state index contributed by atoms with van der Waals surface area (Å²) >= 11 is 0. The molecule has 1 atom stereocenters. The largest absolute Gasteiger partial charge is 0.396 e. The van der Waals surface area contributed by atoms with E-state index in [0.717, 1.165) is 18.7 Å². The molecule has 0 radical (unpaired) electrons. The second-order valence-electron chi connectivity index (χ2n) is 6.23. The Morgan fingerprint density at radius 1 is 1.28 bits per heavy atom. The molecule has 2 heteroatoms. The van der Waals surface area contributed by atoms with Crippen LogP contribution in [0.4, 0.5) is 5.69 Å². The molecule has 18 heavy (non-hydrogen) atoms. The molecule has 1 unspecified atom stereocenters. The summed E-state index contributed by atoms with van der Waals surface area (Å²) in [5.74, 6) is 0.333. The highest BCUT2D eigenvalue weighted by molar-refractivity contribution is 5.54. The maximum absolute atomic E-state index is 9.23. The van der Waals surface area contributed by atoms with Crippen molar-refractivity contribution in [3.63, 3.8) is 0 Å². The van der Waals surface area contributed by atoms with E-state index >= 15 is 0 Å². The molecule has 98 valence electrons. The Hall–Kier alpha value is -1.28. The zero-order valence-electron chi connectivity index (χ0n) is 11.6. The van der Waals surface area contributed by atoms with E-state index in [1.54, 1.807) is 0 Å². The van der Waals surface area contributed by atoms with Gasteiger partial charge < -0.3 is 10.0 Å². The van der Waals surface area contributed by atoms with Crippen LogP contribution in [-0.4, -0.2) is 18.3 Å². The predicted molar refractivity (Wildman–Crippen MR) is 76.8 cm³/mol. The van der Waals surface area contributed by atoms with Crippen molar-refractivity contribution < 1.29 is 5.11 Å². The highest BCUT2D eigenvalue weighted by Gasteiger charge is 2.25. The molecule has 1 aromatic rings. The van der Waals surface area contributed by atoms with Gasteiger partial charge in [-0.15, -0.1) is 0 Å². The van der Waals surface area contributed by atoms with Crippen molar-refractivity contribution in [2.75, 3.05) is 18.1 Å². The molecule has 2 nitrogen and oxygen atoms in total. The van der Waals surface area contributed by atoms with Crippen LogP contribution in [0.5, 0.6) is 0 Å². The Morgan fingerprint density at radius 2 is 1.89 bits per heavy atom. The minimum atomic E-state index is 0.189. The van der Waals surface area contributed by atoms with E-state index in [4.69, 9.17) is 0 Å². The normalized spacial score (nSPS) is 20.6. The Labute approximate surface area is 110 Å². The first-order chi connectivity index (χ1) is 8.41. The summed E-state index contributed by atoms with van der Waals surface area (Å²) in [6.45, 7) is 11.9. The third-order valence-electron chi connectivity index (χ3n) is 3.65. The molecule has 0 amide bonds. The van der Waals surface area contributed by atoms with Crippen LogP contribution in [0.3, 0.4) is 0 Å². The second-order valence-corrected chi connectivity index (χ2v) is 6.23. The maximum Gasteiger partial charge on any atom is 0.0480 e. The van der Waals surface area contributed by atoms with Gasteiger partial charge in [0.1, 0.15) is 0 Å². The number of hydrogen-bond donors (Lipinski definition) is 1. The molecule has 1 heterocycles. The monoisotopic (exact) mass is 245 g/mol. The lowest BCUT2D eigenvalue weighted by atomic mass is 9.87. The van der Waals surface area contributed by atoms with E-state index in [-0.39, 0.29) is 12.0 Å². The van der Waals surface area contributed by atoms with Crippen molar-refractivity contribution in [2.45, 2.75) is 32.6 Å². The molecule has 1 aliphatic rings. The lowest BCUT2D eigenvalue weighted by molar-refractivity contribution is 0.240. The van der Waals surface area contributed by atoms with Crippen molar-refractivity contribution >= 4 is 5.69 Å². The average molecular weight is 245 g/mol. The quantitative estimate of drug-likeness (QED) is 0.864. The third kappa shape index (κ3) is 2.59. The number of anilines is 1. The first kappa shape index (κ1) is 13.2. The van der Waals surface area contributed by atoms with E-state index in [2.05, 4.69) is 56.5 Å². The van der Waals surface area contributed by atoms with Crippen LogP contribution < -0.4 is 4.90 Å². The zero-order chi connectivity index (χ0) is 13.3. The van der Waals surface area contributed by atoms with Crippen LogP contribution in [0.25, 0.3) is 0 Å². The second kappa shape index (κ2) is 4.77. The fourth-order valence-corrected chi connectivity index (χ4v) is 2.45. The predicted octanol–water partition coefficient (Wildman–Crippen LogP) is 3.32. The average Bonchev–Trinajstić information content (AvgIpc) is 2.70. The Kier molecular flexibility index (Phi) is 3.49. The molecule has 0 aromatic heterocycles. The summed E-state index contributed by atoms with van der Waals surface area (Å²) in [6, 6.07) is 8.70. The Balaban J connectivity index is 2.18. The van der Waals surface area contributed by atoms with Crippen molar-refractivity contribution in [3.8, 4) is 0 Å². The van der Waals surface area contributed by atoms with Crippen molar-refractivity contribution in [3.05, 3.63) is 42.1 Å². The summed E-state index contributed by atoms with van der Waals surface area (Å²) < 4.78 is 0. The highest BCUT2D eigenvalue weighted by Crippen LogP contribution is 2.32. The summed E-state index contributed by atoms with van der Waals surface area (Å²) in [6.07, 6.45) is 0.900. The fourth-order valence-electron chi connectivity index (χ4n) is 2.45. The molecule has 2 rings (SSSR count). The molecule has 1 N–H and O–H groups in total. The number of allylic oxidation sites excluding steroid dienone is 1. The van der Waals surface area contributed by atoms with Crippen molar-refractivity contribution in [1.82, 2.24) is 0 Å². The molecular formula is C16H23NO. The number of aliphatic hydroxyl groups is 1. The summed E-state index contributed by atoms with van der Waals surface area (Å²) in [4.78, 5) is 2.22. The number of benzene rings is 1. The lowest BCUT2D eigenvalue weighted by Gasteiger charge is -2.23. The van der Waals surface area contributed by atoms with Gasteiger partial charge in [-0.3, -0.25) is 0 Å². The standard InChI is InChI=1S/C16H23NO/c1-12-9-13(11-18)10-17(12)15-7-5-14(6-8-15)16(2,3)4/h5-8,13,18H,1,9-11H2,2-4H3. The number of aliphatic hydroxyl groups excluding tert-OH is 1. The molecule has 1 saturated heterocycles. The smallest absolute Gasteiger partial charge is 0.0480 e. The summed E-state index contributed by atoms with van der Waals surface area (Å²) in [7, 11) is 0.